The number of carbonyl (C=O) groups is 2. The van der Waals surface area contributed by atoms with Crippen LogP contribution in [0.2, 0.25) is 0 Å². The Balaban J connectivity index is 2.52. The Labute approximate surface area is 119 Å². The molecule has 0 fully saturated rings. The van der Waals surface area contributed by atoms with Crippen LogP contribution in [-0.4, -0.2) is 25.5 Å². The van der Waals surface area contributed by atoms with Gasteiger partial charge in [0, 0.05) is 19.2 Å². The molecule has 0 N–H and O–H groups in total. The van der Waals surface area contributed by atoms with Crippen molar-refractivity contribution in [3.05, 3.63) is 29.3 Å². The summed E-state index contributed by atoms with van der Waals surface area (Å²) in [5.74, 6) is -2.01. The molecule has 1 aliphatic heterocycles. The Morgan fingerprint density at radius 1 is 1.43 bits per heavy atom. The van der Waals surface area contributed by atoms with Gasteiger partial charge in [0.2, 0.25) is 5.91 Å². The van der Waals surface area contributed by atoms with E-state index in [-0.39, 0.29) is 24.5 Å². The third-order valence-corrected chi connectivity index (χ3v) is 3.42. The molecule has 1 heterocycles. The minimum atomic E-state index is -4.51. The SMILES string of the molecule is CCOC(=O)C1CC(=O)N(C)c2ccc(C(F)(F)F)cc21. The van der Waals surface area contributed by atoms with Crippen molar-refractivity contribution in [3.63, 3.8) is 0 Å². The first-order valence-electron chi connectivity index (χ1n) is 6.40. The minimum absolute atomic E-state index is 0.105. The van der Waals surface area contributed by atoms with Gasteiger partial charge in [-0.1, -0.05) is 0 Å². The molecule has 1 aromatic rings. The molecule has 1 aromatic carbocycles. The molecule has 0 bridgehead atoms. The second kappa shape index (κ2) is 5.38. The van der Waals surface area contributed by atoms with E-state index < -0.39 is 23.6 Å². The largest absolute Gasteiger partial charge is 0.466 e. The number of amides is 1. The number of hydrogen-bond acceptors (Lipinski definition) is 3. The monoisotopic (exact) mass is 301 g/mol. The number of nitrogens with zero attached hydrogens (tertiary/aromatic N) is 1. The lowest BCUT2D eigenvalue weighted by molar-refractivity contribution is -0.146. The van der Waals surface area contributed by atoms with E-state index in [1.54, 1.807) is 6.92 Å². The molecular formula is C14H14F3NO3. The summed E-state index contributed by atoms with van der Waals surface area (Å²) >= 11 is 0. The highest BCUT2D eigenvalue weighted by Crippen LogP contribution is 2.40. The van der Waals surface area contributed by atoms with Gasteiger partial charge in [-0.2, -0.15) is 13.2 Å². The van der Waals surface area contributed by atoms with Crippen molar-refractivity contribution in [2.75, 3.05) is 18.6 Å². The fourth-order valence-electron chi connectivity index (χ4n) is 2.32. The smallest absolute Gasteiger partial charge is 0.416 e. The van der Waals surface area contributed by atoms with Crippen molar-refractivity contribution in [1.29, 1.82) is 0 Å². The van der Waals surface area contributed by atoms with Gasteiger partial charge in [0.15, 0.2) is 0 Å². The van der Waals surface area contributed by atoms with Crippen LogP contribution in [0.15, 0.2) is 18.2 Å². The van der Waals surface area contributed by atoms with Gasteiger partial charge in [0.1, 0.15) is 0 Å². The van der Waals surface area contributed by atoms with E-state index in [1.165, 1.54) is 18.0 Å². The summed E-state index contributed by atoms with van der Waals surface area (Å²) in [5, 5.41) is 0. The van der Waals surface area contributed by atoms with Gasteiger partial charge in [-0.3, -0.25) is 9.59 Å². The first kappa shape index (κ1) is 15.3. The van der Waals surface area contributed by atoms with Gasteiger partial charge in [0.25, 0.3) is 0 Å². The molecule has 0 saturated heterocycles. The van der Waals surface area contributed by atoms with E-state index in [9.17, 15) is 22.8 Å². The summed E-state index contributed by atoms with van der Waals surface area (Å²) < 4.78 is 43.3. The van der Waals surface area contributed by atoms with E-state index in [0.29, 0.717) is 5.69 Å². The zero-order valence-corrected chi connectivity index (χ0v) is 11.5. The van der Waals surface area contributed by atoms with Gasteiger partial charge >= 0.3 is 12.1 Å². The van der Waals surface area contributed by atoms with Gasteiger partial charge in [-0.25, -0.2) is 0 Å². The van der Waals surface area contributed by atoms with Crippen LogP contribution in [0.1, 0.15) is 30.4 Å². The molecular weight excluding hydrogens is 287 g/mol. The number of anilines is 1. The van der Waals surface area contributed by atoms with Gasteiger partial charge in [0.05, 0.1) is 18.1 Å². The Hall–Kier alpha value is -2.05. The molecule has 1 atom stereocenters. The fraction of sp³-hybridized carbons (Fsp3) is 0.429. The molecule has 4 nitrogen and oxygen atoms in total. The number of esters is 1. The summed E-state index contributed by atoms with van der Waals surface area (Å²) in [6, 6.07) is 3.03. The second-order valence-corrected chi connectivity index (χ2v) is 4.73. The normalized spacial score (nSPS) is 18.4. The van der Waals surface area contributed by atoms with Crippen LogP contribution in [0, 0.1) is 0 Å². The highest BCUT2D eigenvalue weighted by Gasteiger charge is 2.38. The lowest BCUT2D eigenvalue weighted by Crippen LogP contribution is -2.36. The van der Waals surface area contributed by atoms with E-state index in [0.717, 1.165) is 12.1 Å². The first-order valence-corrected chi connectivity index (χ1v) is 6.40. The Morgan fingerprint density at radius 3 is 2.67 bits per heavy atom. The van der Waals surface area contributed by atoms with Gasteiger partial charge in [-0.15, -0.1) is 0 Å². The number of rotatable bonds is 2. The zero-order chi connectivity index (χ0) is 15.8. The third kappa shape index (κ3) is 2.86. The van der Waals surface area contributed by atoms with E-state index in [2.05, 4.69) is 0 Å². The molecule has 1 unspecified atom stereocenters. The van der Waals surface area contributed by atoms with Crippen LogP contribution < -0.4 is 4.90 Å². The van der Waals surface area contributed by atoms with Crippen molar-refractivity contribution in [3.8, 4) is 0 Å². The molecule has 0 radical (unpaired) electrons. The van der Waals surface area contributed by atoms with Crippen LogP contribution >= 0.6 is 0 Å². The molecule has 7 heteroatoms. The predicted octanol–water partition coefficient (Wildman–Crippen LogP) is 2.72. The summed E-state index contributed by atoms with van der Waals surface area (Å²) in [7, 11) is 1.47. The molecule has 0 aliphatic carbocycles. The summed E-state index contributed by atoms with van der Waals surface area (Å²) in [6.45, 7) is 1.70. The molecule has 1 amide bonds. The topological polar surface area (TPSA) is 46.6 Å². The number of ether oxygens (including phenoxy) is 1. The lowest BCUT2D eigenvalue weighted by Gasteiger charge is -2.31. The van der Waals surface area contributed by atoms with Crippen molar-refractivity contribution < 1.29 is 27.5 Å². The van der Waals surface area contributed by atoms with Crippen molar-refractivity contribution >= 4 is 17.6 Å². The minimum Gasteiger partial charge on any atom is -0.466 e. The Morgan fingerprint density at radius 2 is 2.10 bits per heavy atom. The molecule has 21 heavy (non-hydrogen) atoms. The highest BCUT2D eigenvalue weighted by atomic mass is 19.4. The quantitative estimate of drug-likeness (QED) is 0.789. The lowest BCUT2D eigenvalue weighted by atomic mass is 9.88. The number of benzene rings is 1. The summed E-state index contributed by atoms with van der Waals surface area (Å²) in [4.78, 5) is 25.0. The third-order valence-electron chi connectivity index (χ3n) is 3.42. The molecule has 2 rings (SSSR count). The summed E-state index contributed by atoms with van der Waals surface area (Å²) in [5.41, 5.74) is -0.374. The Kier molecular flexibility index (Phi) is 3.93. The number of fused-ring (bicyclic) bond motifs is 1. The van der Waals surface area contributed by atoms with E-state index >= 15 is 0 Å². The van der Waals surface area contributed by atoms with Crippen LogP contribution in [0.3, 0.4) is 0 Å². The van der Waals surface area contributed by atoms with Crippen molar-refractivity contribution in [1.82, 2.24) is 0 Å². The van der Waals surface area contributed by atoms with E-state index in [1.807, 2.05) is 0 Å². The van der Waals surface area contributed by atoms with Crippen LogP contribution in [-0.2, 0) is 20.5 Å². The number of alkyl halides is 3. The van der Waals surface area contributed by atoms with Crippen molar-refractivity contribution in [2.24, 2.45) is 0 Å². The first-order chi connectivity index (χ1) is 9.75. The summed E-state index contributed by atoms with van der Waals surface area (Å²) in [6.07, 6.45) is -4.70. The molecule has 0 spiro atoms. The predicted molar refractivity (Wildman–Crippen MR) is 68.8 cm³/mol. The average Bonchev–Trinajstić information content (AvgIpc) is 2.41. The van der Waals surface area contributed by atoms with E-state index in [4.69, 9.17) is 4.74 Å². The standard InChI is InChI=1S/C14H14F3NO3/c1-3-21-13(20)10-7-12(19)18(2)11-5-4-8(6-9(10)11)14(15,16)17/h4-6,10H,3,7H2,1-2H3. The Bertz CT molecular complexity index is 583. The highest BCUT2D eigenvalue weighted by molar-refractivity contribution is 6.01. The zero-order valence-electron chi connectivity index (χ0n) is 11.5. The van der Waals surface area contributed by atoms with Crippen molar-refractivity contribution in [2.45, 2.75) is 25.4 Å². The maximum Gasteiger partial charge on any atom is 0.416 e. The van der Waals surface area contributed by atoms with Crippen LogP contribution in [0.25, 0.3) is 0 Å². The molecule has 0 aromatic heterocycles. The van der Waals surface area contributed by atoms with Crippen LogP contribution in [0.5, 0.6) is 0 Å². The fourth-order valence-corrected chi connectivity index (χ4v) is 2.32. The molecule has 1 aliphatic rings. The number of hydrogen-bond donors (Lipinski definition) is 0. The van der Waals surface area contributed by atoms with Crippen LogP contribution in [0.4, 0.5) is 18.9 Å². The van der Waals surface area contributed by atoms with Gasteiger partial charge in [-0.05, 0) is 30.7 Å². The second-order valence-electron chi connectivity index (χ2n) is 4.73. The average molecular weight is 301 g/mol. The van der Waals surface area contributed by atoms with Gasteiger partial charge < -0.3 is 9.64 Å². The number of halogens is 3. The maximum absolute atomic E-state index is 12.8. The maximum atomic E-state index is 12.8. The number of carbonyl (C=O) groups excluding carboxylic acids is 2. The molecule has 114 valence electrons. The molecule has 0 saturated carbocycles.